The zero-order chi connectivity index (χ0) is 13.3. The van der Waals surface area contributed by atoms with E-state index in [9.17, 15) is 4.79 Å². The van der Waals surface area contributed by atoms with Crippen LogP contribution in [0.15, 0.2) is 17.2 Å². The van der Waals surface area contributed by atoms with Crippen LogP contribution < -0.4 is 10.9 Å². The Morgan fingerprint density at radius 3 is 2.84 bits per heavy atom. The fourth-order valence-electron chi connectivity index (χ4n) is 2.46. The number of halogens is 1. The van der Waals surface area contributed by atoms with Crippen molar-refractivity contribution in [1.29, 1.82) is 0 Å². The molecule has 2 heterocycles. The molecule has 1 N–H and O–H groups in total. The Kier molecular flexibility index (Phi) is 3.50. The highest BCUT2D eigenvalue weighted by atomic mass is 35.5. The highest BCUT2D eigenvalue weighted by Gasteiger charge is 2.33. The summed E-state index contributed by atoms with van der Waals surface area (Å²) >= 11 is 6.10. The molecular formula is C13H18ClN3O2. The Morgan fingerprint density at radius 2 is 2.21 bits per heavy atom. The van der Waals surface area contributed by atoms with Crippen molar-refractivity contribution in [2.75, 3.05) is 24.4 Å². The molecule has 1 aromatic rings. The lowest BCUT2D eigenvalue weighted by atomic mass is 9.92. The summed E-state index contributed by atoms with van der Waals surface area (Å²) in [6.45, 7) is 1.34. The Labute approximate surface area is 116 Å². The van der Waals surface area contributed by atoms with E-state index < -0.39 is 0 Å². The minimum atomic E-state index is -0.269. The summed E-state index contributed by atoms with van der Waals surface area (Å²) in [4.78, 5) is 16.5. The lowest BCUT2D eigenvalue weighted by Crippen LogP contribution is -2.47. The molecule has 0 bridgehead atoms. The zero-order valence-corrected chi connectivity index (χ0v) is 11.5. The summed E-state index contributed by atoms with van der Waals surface area (Å²) in [6.07, 6.45) is 7.22. The van der Waals surface area contributed by atoms with Gasteiger partial charge >= 0.3 is 0 Å². The van der Waals surface area contributed by atoms with Gasteiger partial charge in [-0.25, -0.2) is 4.98 Å². The van der Waals surface area contributed by atoms with Gasteiger partial charge < -0.3 is 14.6 Å². The van der Waals surface area contributed by atoms with Crippen LogP contribution in [0.3, 0.4) is 0 Å². The normalized spacial score (nSPS) is 22.2. The maximum Gasteiger partial charge on any atom is 0.293 e. The first-order valence-electron chi connectivity index (χ1n) is 6.73. The van der Waals surface area contributed by atoms with Crippen LogP contribution in [0.2, 0.25) is 0 Å². The van der Waals surface area contributed by atoms with Gasteiger partial charge in [0.1, 0.15) is 0 Å². The minimum Gasteiger partial charge on any atom is -0.381 e. The van der Waals surface area contributed by atoms with Crippen LogP contribution in [-0.4, -0.2) is 34.2 Å². The summed E-state index contributed by atoms with van der Waals surface area (Å²) < 4.78 is 7.14. The zero-order valence-electron chi connectivity index (χ0n) is 10.8. The van der Waals surface area contributed by atoms with Gasteiger partial charge in [-0.15, -0.1) is 11.6 Å². The standard InChI is InChI=1S/C13H18ClN3O2/c14-9-13(3-7-19-8-4-13)16-11-12(18)17(6-5-15-11)10-1-2-10/h5-6,10H,1-4,7-9H2,(H,15,16). The van der Waals surface area contributed by atoms with Crippen LogP contribution >= 0.6 is 11.6 Å². The first-order valence-corrected chi connectivity index (χ1v) is 7.27. The second-order valence-corrected chi connectivity index (χ2v) is 5.64. The van der Waals surface area contributed by atoms with E-state index in [1.807, 2.05) is 0 Å². The number of alkyl halides is 1. The molecule has 1 aliphatic heterocycles. The summed E-state index contributed by atoms with van der Waals surface area (Å²) in [7, 11) is 0. The van der Waals surface area contributed by atoms with Gasteiger partial charge in [0.15, 0.2) is 5.82 Å². The van der Waals surface area contributed by atoms with Crippen LogP contribution in [0.1, 0.15) is 31.7 Å². The van der Waals surface area contributed by atoms with Gasteiger partial charge in [0.2, 0.25) is 0 Å². The second-order valence-electron chi connectivity index (χ2n) is 5.37. The van der Waals surface area contributed by atoms with Crippen molar-refractivity contribution in [2.24, 2.45) is 0 Å². The summed E-state index contributed by atoms with van der Waals surface area (Å²) in [5.74, 6) is 0.868. The number of hydrogen-bond acceptors (Lipinski definition) is 4. The van der Waals surface area contributed by atoms with E-state index in [0.29, 0.717) is 31.0 Å². The number of aromatic nitrogens is 2. The smallest absolute Gasteiger partial charge is 0.293 e. The van der Waals surface area contributed by atoms with E-state index in [1.165, 1.54) is 0 Å². The third-order valence-corrected chi connectivity index (χ3v) is 4.41. The van der Waals surface area contributed by atoms with E-state index in [0.717, 1.165) is 25.7 Å². The molecule has 3 rings (SSSR count). The molecule has 6 heteroatoms. The molecule has 1 aliphatic carbocycles. The minimum absolute atomic E-state index is 0.0408. The van der Waals surface area contributed by atoms with Gasteiger partial charge in [0.05, 0.1) is 5.54 Å². The van der Waals surface area contributed by atoms with Crippen LogP contribution in [-0.2, 0) is 4.74 Å². The fraction of sp³-hybridized carbons (Fsp3) is 0.692. The van der Waals surface area contributed by atoms with E-state index in [-0.39, 0.29) is 11.1 Å². The molecule has 0 aromatic carbocycles. The molecule has 5 nitrogen and oxygen atoms in total. The Bertz CT molecular complexity index is 507. The van der Waals surface area contributed by atoms with Crippen molar-refractivity contribution in [3.63, 3.8) is 0 Å². The average Bonchev–Trinajstić information content (AvgIpc) is 3.27. The number of rotatable bonds is 4. The van der Waals surface area contributed by atoms with E-state index in [2.05, 4.69) is 10.3 Å². The molecule has 1 saturated carbocycles. The van der Waals surface area contributed by atoms with Gasteiger partial charge in [0, 0.05) is 37.5 Å². The van der Waals surface area contributed by atoms with Crippen LogP contribution in [0, 0.1) is 0 Å². The molecule has 1 aromatic heterocycles. The third kappa shape index (κ3) is 2.62. The van der Waals surface area contributed by atoms with Gasteiger partial charge in [0.25, 0.3) is 5.56 Å². The largest absolute Gasteiger partial charge is 0.381 e. The number of hydrogen-bond donors (Lipinski definition) is 1. The SMILES string of the molecule is O=c1c(NC2(CCl)CCOCC2)nccn1C1CC1. The van der Waals surface area contributed by atoms with Gasteiger partial charge in [-0.3, -0.25) is 4.79 Å². The van der Waals surface area contributed by atoms with Crippen molar-refractivity contribution in [3.8, 4) is 0 Å². The number of ether oxygens (including phenoxy) is 1. The highest BCUT2D eigenvalue weighted by molar-refractivity contribution is 6.18. The third-order valence-electron chi connectivity index (χ3n) is 3.90. The molecule has 0 amide bonds. The molecular weight excluding hydrogens is 266 g/mol. The maximum atomic E-state index is 12.3. The number of nitrogens with one attached hydrogen (secondary N) is 1. The molecule has 2 aliphatic rings. The van der Waals surface area contributed by atoms with E-state index in [4.69, 9.17) is 16.3 Å². The molecule has 0 unspecified atom stereocenters. The van der Waals surface area contributed by atoms with Crippen molar-refractivity contribution in [3.05, 3.63) is 22.7 Å². The van der Waals surface area contributed by atoms with Crippen LogP contribution in [0.25, 0.3) is 0 Å². The monoisotopic (exact) mass is 283 g/mol. The van der Waals surface area contributed by atoms with E-state index in [1.54, 1.807) is 17.0 Å². The molecule has 104 valence electrons. The van der Waals surface area contributed by atoms with Gasteiger partial charge in [-0.05, 0) is 25.7 Å². The quantitative estimate of drug-likeness (QED) is 0.856. The Balaban J connectivity index is 1.85. The second kappa shape index (κ2) is 5.13. The van der Waals surface area contributed by atoms with Crippen molar-refractivity contribution in [1.82, 2.24) is 9.55 Å². The van der Waals surface area contributed by atoms with Crippen molar-refractivity contribution < 1.29 is 4.74 Å². The van der Waals surface area contributed by atoms with Gasteiger partial charge in [-0.1, -0.05) is 0 Å². The van der Waals surface area contributed by atoms with Crippen LogP contribution in [0.4, 0.5) is 5.82 Å². The highest BCUT2D eigenvalue weighted by Crippen LogP contribution is 2.33. The summed E-state index contributed by atoms with van der Waals surface area (Å²) in [5, 5.41) is 3.28. The van der Waals surface area contributed by atoms with Gasteiger partial charge in [-0.2, -0.15) is 0 Å². The lowest BCUT2D eigenvalue weighted by molar-refractivity contribution is 0.0666. The predicted octanol–water partition coefficient (Wildman–Crippen LogP) is 1.78. The maximum absolute atomic E-state index is 12.3. The average molecular weight is 284 g/mol. The lowest BCUT2D eigenvalue weighted by Gasteiger charge is -2.36. The predicted molar refractivity (Wildman–Crippen MR) is 73.9 cm³/mol. The van der Waals surface area contributed by atoms with Crippen molar-refractivity contribution in [2.45, 2.75) is 37.3 Å². The molecule has 0 spiro atoms. The van der Waals surface area contributed by atoms with E-state index >= 15 is 0 Å². The van der Waals surface area contributed by atoms with Crippen molar-refractivity contribution >= 4 is 17.4 Å². The summed E-state index contributed by atoms with van der Waals surface area (Å²) in [5.41, 5.74) is -0.310. The molecule has 19 heavy (non-hydrogen) atoms. The first kappa shape index (κ1) is 12.9. The number of nitrogens with zero attached hydrogens (tertiary/aromatic N) is 2. The molecule has 0 atom stereocenters. The summed E-state index contributed by atoms with van der Waals surface area (Å²) in [6, 6.07) is 0.359. The Hall–Kier alpha value is -1.07. The molecule has 0 radical (unpaired) electrons. The molecule has 1 saturated heterocycles. The number of anilines is 1. The van der Waals surface area contributed by atoms with Crippen LogP contribution in [0.5, 0.6) is 0 Å². The fourth-order valence-corrected chi connectivity index (χ4v) is 2.79. The first-order chi connectivity index (χ1) is 9.24. The Morgan fingerprint density at radius 1 is 1.47 bits per heavy atom. The topological polar surface area (TPSA) is 56.1 Å². The molecule has 2 fully saturated rings.